The number of primary amides is 1. The summed E-state index contributed by atoms with van der Waals surface area (Å²) in [4.78, 5) is 37.7. The predicted octanol–water partition coefficient (Wildman–Crippen LogP) is 4.70. The average molecular weight is 444 g/mol. The van der Waals surface area contributed by atoms with E-state index in [0.29, 0.717) is 11.3 Å². The minimum Gasteiger partial charge on any atom is -0.478 e. The van der Waals surface area contributed by atoms with Gasteiger partial charge in [0.15, 0.2) is 0 Å². The molecule has 33 heavy (non-hydrogen) atoms. The fraction of sp³-hybridized carbons (Fsp3) is 0.192. The van der Waals surface area contributed by atoms with E-state index in [9.17, 15) is 19.5 Å². The van der Waals surface area contributed by atoms with E-state index in [1.54, 1.807) is 6.07 Å². The van der Waals surface area contributed by atoms with Crippen molar-refractivity contribution in [3.8, 4) is 0 Å². The number of nitrogens with one attached hydrogen (secondary N) is 1. The van der Waals surface area contributed by atoms with Gasteiger partial charge in [-0.25, -0.2) is 9.59 Å². The van der Waals surface area contributed by atoms with Gasteiger partial charge in [0, 0.05) is 6.42 Å². The van der Waals surface area contributed by atoms with E-state index in [0.717, 1.165) is 30.3 Å². The van der Waals surface area contributed by atoms with Gasteiger partial charge in [-0.2, -0.15) is 0 Å². The number of amides is 2. The molecule has 0 spiro atoms. The van der Waals surface area contributed by atoms with E-state index in [1.807, 2.05) is 60.7 Å². The maximum Gasteiger partial charge on any atom is 0.337 e. The van der Waals surface area contributed by atoms with Crippen molar-refractivity contribution >= 4 is 29.7 Å². The molecular formula is C26H25N3O4. The predicted molar refractivity (Wildman–Crippen MR) is 126 cm³/mol. The van der Waals surface area contributed by atoms with Crippen LogP contribution in [-0.2, 0) is 11.2 Å². The smallest absolute Gasteiger partial charge is 0.337 e. The van der Waals surface area contributed by atoms with Gasteiger partial charge in [0.05, 0.1) is 29.0 Å². The Labute approximate surface area is 191 Å². The van der Waals surface area contributed by atoms with Crippen molar-refractivity contribution in [2.24, 2.45) is 5.73 Å². The number of hydrogen-bond acceptors (Lipinski definition) is 4. The van der Waals surface area contributed by atoms with Crippen LogP contribution < -0.4 is 16.0 Å². The lowest BCUT2D eigenvalue weighted by Gasteiger charge is -2.36. The van der Waals surface area contributed by atoms with Crippen LogP contribution in [0.25, 0.3) is 0 Å². The highest BCUT2D eigenvalue weighted by Crippen LogP contribution is 2.50. The molecule has 0 aromatic heterocycles. The zero-order valence-corrected chi connectivity index (χ0v) is 18.0. The third-order valence-electron chi connectivity index (χ3n) is 6.06. The maximum atomic E-state index is 12.3. The molecule has 4 N–H and O–H groups in total. The normalized spacial score (nSPS) is 17.5. The second kappa shape index (κ2) is 9.56. The summed E-state index contributed by atoms with van der Waals surface area (Å²) in [6.07, 6.45) is 2.31. The molecule has 0 saturated carbocycles. The summed E-state index contributed by atoms with van der Waals surface area (Å²) in [5.74, 6) is -1.12. The molecule has 1 heterocycles. The molecule has 2 amide bonds. The fourth-order valence-electron chi connectivity index (χ4n) is 4.72. The number of rotatable bonds is 7. The van der Waals surface area contributed by atoms with E-state index in [4.69, 9.17) is 5.73 Å². The van der Waals surface area contributed by atoms with Gasteiger partial charge in [0.25, 0.3) is 0 Å². The van der Waals surface area contributed by atoms with Gasteiger partial charge >= 0.3 is 12.0 Å². The van der Waals surface area contributed by atoms with Crippen molar-refractivity contribution in [1.82, 2.24) is 0 Å². The summed E-state index contributed by atoms with van der Waals surface area (Å²) in [7, 11) is 0. The largest absolute Gasteiger partial charge is 0.478 e. The standard InChI is InChI=1S/C26H25N3O4/c27-26(33)28-23-19(15-16-30)11-12-20(25(31)32)24(23)29-21(17-7-3-1-4-8-17)13-14-22(29)18-9-5-2-6-10-18/h1-12,16,21-22H,13-15H2,(H,31,32)(H3,27,28,33). The molecule has 0 radical (unpaired) electrons. The molecule has 168 valence electrons. The number of aldehydes is 1. The number of carboxylic acids is 1. The quantitative estimate of drug-likeness (QED) is 0.458. The molecule has 7 nitrogen and oxygen atoms in total. The lowest BCUT2D eigenvalue weighted by atomic mass is 9.98. The highest BCUT2D eigenvalue weighted by Gasteiger charge is 2.39. The van der Waals surface area contributed by atoms with Crippen LogP contribution in [-0.4, -0.2) is 23.4 Å². The van der Waals surface area contributed by atoms with Crippen molar-refractivity contribution < 1.29 is 19.5 Å². The summed E-state index contributed by atoms with van der Waals surface area (Å²) in [6, 6.07) is 21.7. The number of nitrogens with two attached hydrogens (primary N) is 1. The van der Waals surface area contributed by atoms with Crippen LogP contribution >= 0.6 is 0 Å². The first-order valence-electron chi connectivity index (χ1n) is 10.8. The molecular weight excluding hydrogens is 418 g/mol. The lowest BCUT2D eigenvalue weighted by Crippen LogP contribution is -2.31. The summed E-state index contributed by atoms with van der Waals surface area (Å²) in [6.45, 7) is 0. The topological polar surface area (TPSA) is 113 Å². The summed E-state index contributed by atoms with van der Waals surface area (Å²) in [5, 5.41) is 12.7. The number of carbonyl (C=O) groups excluding carboxylic acids is 2. The van der Waals surface area contributed by atoms with Gasteiger partial charge in [0.1, 0.15) is 6.29 Å². The fourth-order valence-corrected chi connectivity index (χ4v) is 4.72. The molecule has 2 atom stereocenters. The number of carbonyl (C=O) groups is 3. The van der Waals surface area contributed by atoms with Crippen LogP contribution in [0, 0.1) is 0 Å². The Morgan fingerprint density at radius 2 is 1.48 bits per heavy atom. The van der Waals surface area contributed by atoms with Crippen molar-refractivity contribution in [1.29, 1.82) is 0 Å². The van der Waals surface area contributed by atoms with Gasteiger partial charge in [0.2, 0.25) is 0 Å². The number of hydrogen-bond donors (Lipinski definition) is 3. The van der Waals surface area contributed by atoms with E-state index < -0.39 is 12.0 Å². The number of anilines is 2. The number of aromatic carboxylic acids is 1. The molecule has 3 aromatic rings. The van der Waals surface area contributed by atoms with Crippen LogP contribution in [0.1, 0.15) is 52.0 Å². The minimum absolute atomic E-state index is 0.0162. The van der Waals surface area contributed by atoms with Gasteiger partial charge in [-0.15, -0.1) is 0 Å². The van der Waals surface area contributed by atoms with E-state index >= 15 is 0 Å². The Morgan fingerprint density at radius 1 is 0.939 bits per heavy atom. The van der Waals surface area contributed by atoms with Gasteiger partial charge in [-0.05, 0) is 35.6 Å². The van der Waals surface area contributed by atoms with Gasteiger partial charge < -0.3 is 25.9 Å². The van der Waals surface area contributed by atoms with Crippen LogP contribution in [0.2, 0.25) is 0 Å². The van der Waals surface area contributed by atoms with Crippen molar-refractivity contribution in [3.05, 3.63) is 95.1 Å². The zero-order valence-electron chi connectivity index (χ0n) is 18.0. The first-order valence-corrected chi connectivity index (χ1v) is 10.8. The summed E-state index contributed by atoms with van der Waals surface area (Å²) >= 11 is 0. The maximum absolute atomic E-state index is 12.3. The van der Waals surface area contributed by atoms with E-state index in [1.165, 1.54) is 6.07 Å². The lowest BCUT2D eigenvalue weighted by molar-refractivity contribution is -0.107. The molecule has 7 heteroatoms. The number of urea groups is 1. The average Bonchev–Trinajstić information content (AvgIpc) is 3.25. The number of carboxylic acid groups (broad SMARTS) is 1. The molecule has 1 aliphatic heterocycles. The second-order valence-corrected chi connectivity index (χ2v) is 8.00. The third-order valence-corrected chi connectivity index (χ3v) is 6.06. The van der Waals surface area contributed by atoms with Crippen molar-refractivity contribution in [2.75, 3.05) is 10.2 Å². The zero-order chi connectivity index (χ0) is 23.4. The van der Waals surface area contributed by atoms with Crippen molar-refractivity contribution in [2.45, 2.75) is 31.3 Å². The molecule has 0 aliphatic carbocycles. The minimum atomic E-state index is -1.12. The Kier molecular flexibility index (Phi) is 6.40. The summed E-state index contributed by atoms with van der Waals surface area (Å²) in [5.41, 5.74) is 8.72. The first kappa shape index (κ1) is 22.1. The SMILES string of the molecule is NC(=O)Nc1c(CC=O)ccc(C(=O)O)c1N1C(c2ccccc2)CCC1c1ccccc1. The molecule has 3 aromatic carbocycles. The third kappa shape index (κ3) is 4.43. The molecule has 2 unspecified atom stereocenters. The van der Waals surface area contributed by atoms with Crippen LogP contribution in [0.5, 0.6) is 0 Å². The van der Waals surface area contributed by atoms with Crippen LogP contribution in [0.4, 0.5) is 16.2 Å². The van der Waals surface area contributed by atoms with Crippen molar-refractivity contribution in [3.63, 3.8) is 0 Å². The second-order valence-electron chi connectivity index (χ2n) is 8.00. The first-order chi connectivity index (χ1) is 16.0. The molecule has 1 aliphatic rings. The highest BCUT2D eigenvalue weighted by atomic mass is 16.4. The Morgan fingerprint density at radius 3 is 1.94 bits per heavy atom. The number of benzene rings is 3. The molecule has 1 fully saturated rings. The van der Waals surface area contributed by atoms with Crippen LogP contribution in [0.15, 0.2) is 72.8 Å². The number of nitrogens with zero attached hydrogens (tertiary/aromatic N) is 1. The Balaban J connectivity index is 1.99. The summed E-state index contributed by atoms with van der Waals surface area (Å²) < 4.78 is 0. The van der Waals surface area contributed by atoms with Gasteiger partial charge in [-0.3, -0.25) is 0 Å². The molecule has 0 bridgehead atoms. The van der Waals surface area contributed by atoms with E-state index in [-0.39, 0.29) is 29.8 Å². The molecule has 4 rings (SSSR count). The van der Waals surface area contributed by atoms with Crippen LogP contribution in [0.3, 0.4) is 0 Å². The highest BCUT2D eigenvalue weighted by molar-refractivity contribution is 6.03. The molecule has 1 saturated heterocycles. The van der Waals surface area contributed by atoms with E-state index in [2.05, 4.69) is 10.2 Å². The monoisotopic (exact) mass is 443 g/mol. The van der Waals surface area contributed by atoms with Gasteiger partial charge in [-0.1, -0.05) is 66.7 Å². The Hall–Kier alpha value is -4.13. The Bertz CT molecular complexity index is 1120.